The van der Waals surface area contributed by atoms with Gasteiger partial charge in [-0.15, -0.1) is 10.2 Å². The van der Waals surface area contributed by atoms with Crippen LogP contribution in [-0.2, 0) is 7.05 Å². The van der Waals surface area contributed by atoms with Crippen molar-refractivity contribution in [2.75, 3.05) is 11.1 Å². The molecule has 4 N–H and O–H groups in total. The number of H-pyrrole nitrogens is 1. The minimum atomic E-state index is -0.295. The third-order valence-electron chi connectivity index (χ3n) is 4.23. The Bertz CT molecular complexity index is 1170. The van der Waals surface area contributed by atoms with Gasteiger partial charge in [0.2, 0.25) is 5.82 Å². The van der Waals surface area contributed by atoms with E-state index in [-0.39, 0.29) is 5.91 Å². The van der Waals surface area contributed by atoms with Crippen molar-refractivity contribution in [1.29, 1.82) is 0 Å². The average molecular weight is 447 g/mol. The summed E-state index contributed by atoms with van der Waals surface area (Å²) < 4.78 is 2.54. The fraction of sp³-hybridized carbons (Fsp3) is 0.0588. The predicted molar refractivity (Wildman–Crippen MR) is 108 cm³/mol. The van der Waals surface area contributed by atoms with Gasteiger partial charge in [0, 0.05) is 27.5 Å². The van der Waals surface area contributed by atoms with E-state index in [0.717, 1.165) is 15.4 Å². The number of fused-ring (bicyclic) bond motifs is 1. The summed E-state index contributed by atoms with van der Waals surface area (Å²) in [4.78, 5) is 12.9. The smallest absolute Gasteiger partial charge is 0.272 e. The maximum absolute atomic E-state index is 12.9. The van der Waals surface area contributed by atoms with Crippen LogP contribution in [0, 0.1) is 0 Å². The molecule has 8 nitrogen and oxygen atoms in total. The standard InChI is InChI=1S/C17H13BrClN7O/c1-26-13(6-8-2-4-11(18)14(20)15(8)26)17(27)21-12-5-3-9(19)7-10(12)16-22-24-25-23-16/h2-7H,20H2,1H3,(H,21,27)(H,22,23,24,25). The van der Waals surface area contributed by atoms with Gasteiger partial charge in [-0.2, -0.15) is 5.21 Å². The van der Waals surface area contributed by atoms with Crippen LogP contribution in [0.2, 0.25) is 5.02 Å². The van der Waals surface area contributed by atoms with Crippen LogP contribution in [0.15, 0.2) is 40.9 Å². The summed E-state index contributed by atoms with van der Waals surface area (Å²) in [6.07, 6.45) is 0. The van der Waals surface area contributed by atoms with Crippen molar-refractivity contribution in [1.82, 2.24) is 25.2 Å². The molecule has 2 aromatic carbocycles. The normalized spacial score (nSPS) is 11.1. The van der Waals surface area contributed by atoms with Gasteiger partial charge in [-0.05, 0) is 51.5 Å². The van der Waals surface area contributed by atoms with Gasteiger partial charge < -0.3 is 15.6 Å². The highest BCUT2D eigenvalue weighted by molar-refractivity contribution is 9.10. The lowest BCUT2D eigenvalue weighted by molar-refractivity contribution is 0.102. The SMILES string of the molecule is Cn1c(C(=O)Nc2ccc(Cl)cc2-c2nn[nH]n2)cc2ccc(Br)c(N)c21. The number of anilines is 2. The third-order valence-corrected chi connectivity index (χ3v) is 5.16. The molecule has 4 aromatic rings. The highest BCUT2D eigenvalue weighted by Gasteiger charge is 2.18. The van der Waals surface area contributed by atoms with Crippen molar-refractivity contribution in [3.05, 3.63) is 51.6 Å². The van der Waals surface area contributed by atoms with Crippen LogP contribution in [0.4, 0.5) is 11.4 Å². The zero-order chi connectivity index (χ0) is 19.1. The minimum Gasteiger partial charge on any atom is -0.396 e. The Labute approximate surface area is 166 Å². The first-order valence-corrected chi connectivity index (χ1v) is 9.01. The Morgan fingerprint density at radius 2 is 2.11 bits per heavy atom. The molecule has 2 aromatic heterocycles. The van der Waals surface area contributed by atoms with Gasteiger partial charge in [0.1, 0.15) is 5.69 Å². The number of aromatic nitrogens is 5. The topological polar surface area (TPSA) is 115 Å². The number of carbonyl (C=O) groups is 1. The summed E-state index contributed by atoms with van der Waals surface area (Å²) in [7, 11) is 1.79. The monoisotopic (exact) mass is 445 g/mol. The van der Waals surface area contributed by atoms with E-state index >= 15 is 0 Å². The molecule has 0 fully saturated rings. The Balaban J connectivity index is 1.75. The molecule has 0 spiro atoms. The zero-order valence-corrected chi connectivity index (χ0v) is 16.3. The second kappa shape index (κ2) is 6.67. The van der Waals surface area contributed by atoms with E-state index in [1.165, 1.54) is 0 Å². The second-order valence-corrected chi connectivity index (χ2v) is 7.16. The van der Waals surface area contributed by atoms with Crippen molar-refractivity contribution in [3.63, 3.8) is 0 Å². The molecule has 0 radical (unpaired) electrons. The van der Waals surface area contributed by atoms with E-state index in [2.05, 4.69) is 41.9 Å². The Kier molecular flexibility index (Phi) is 4.33. The number of nitrogens with two attached hydrogens (primary N) is 1. The van der Waals surface area contributed by atoms with Crippen LogP contribution in [0.1, 0.15) is 10.5 Å². The maximum Gasteiger partial charge on any atom is 0.272 e. The summed E-state index contributed by atoms with van der Waals surface area (Å²) in [6.45, 7) is 0. The van der Waals surface area contributed by atoms with Gasteiger partial charge in [0.15, 0.2) is 0 Å². The van der Waals surface area contributed by atoms with Crippen LogP contribution >= 0.6 is 27.5 Å². The number of tetrazole rings is 1. The molecule has 0 bridgehead atoms. The van der Waals surface area contributed by atoms with E-state index in [1.54, 1.807) is 35.9 Å². The molecule has 0 aliphatic carbocycles. The molecule has 136 valence electrons. The first-order valence-electron chi connectivity index (χ1n) is 7.84. The van der Waals surface area contributed by atoms with Crippen molar-refractivity contribution >= 4 is 55.7 Å². The number of nitrogens with zero attached hydrogens (tertiary/aromatic N) is 4. The van der Waals surface area contributed by atoms with E-state index in [0.29, 0.717) is 33.5 Å². The Morgan fingerprint density at radius 3 is 2.85 bits per heavy atom. The molecular formula is C17H13BrClN7O. The predicted octanol–water partition coefficient (Wildman–Crippen LogP) is 3.61. The van der Waals surface area contributed by atoms with Gasteiger partial charge in [0.25, 0.3) is 5.91 Å². The van der Waals surface area contributed by atoms with Gasteiger partial charge >= 0.3 is 0 Å². The molecule has 2 heterocycles. The van der Waals surface area contributed by atoms with E-state index < -0.39 is 0 Å². The first-order chi connectivity index (χ1) is 13.0. The lowest BCUT2D eigenvalue weighted by Gasteiger charge is -2.10. The molecule has 0 atom stereocenters. The second-order valence-electron chi connectivity index (χ2n) is 5.87. The number of carbonyl (C=O) groups excluding carboxylic acids is 1. The molecule has 0 saturated carbocycles. The molecule has 10 heteroatoms. The fourth-order valence-corrected chi connectivity index (χ4v) is 3.44. The van der Waals surface area contributed by atoms with Gasteiger partial charge in [-0.1, -0.05) is 17.7 Å². The van der Waals surface area contributed by atoms with Crippen molar-refractivity contribution < 1.29 is 4.79 Å². The number of halogens is 2. The van der Waals surface area contributed by atoms with Gasteiger partial charge in [-0.25, -0.2) is 0 Å². The number of benzene rings is 2. The summed E-state index contributed by atoms with van der Waals surface area (Å²) in [5.74, 6) is 0.0364. The number of amides is 1. The van der Waals surface area contributed by atoms with Crippen LogP contribution in [-0.4, -0.2) is 31.1 Å². The summed E-state index contributed by atoms with van der Waals surface area (Å²) >= 11 is 9.49. The summed E-state index contributed by atoms with van der Waals surface area (Å²) in [5.41, 5.74) is 9.05. The summed E-state index contributed by atoms with van der Waals surface area (Å²) in [6, 6.07) is 10.6. The molecule has 27 heavy (non-hydrogen) atoms. The lowest BCUT2D eigenvalue weighted by Crippen LogP contribution is -2.16. The number of rotatable bonds is 3. The average Bonchev–Trinajstić information content (AvgIpc) is 3.28. The molecule has 0 aliphatic heterocycles. The van der Waals surface area contributed by atoms with E-state index in [9.17, 15) is 4.79 Å². The number of nitrogens with one attached hydrogen (secondary N) is 2. The molecule has 0 unspecified atom stereocenters. The molecule has 4 rings (SSSR count). The highest BCUT2D eigenvalue weighted by Crippen LogP contribution is 2.32. The molecule has 0 aliphatic rings. The quantitative estimate of drug-likeness (QED) is 0.416. The lowest BCUT2D eigenvalue weighted by atomic mass is 10.1. The zero-order valence-electron chi connectivity index (χ0n) is 14.0. The summed E-state index contributed by atoms with van der Waals surface area (Å²) in [5, 5.41) is 18.1. The molecular weight excluding hydrogens is 434 g/mol. The van der Waals surface area contributed by atoms with Crippen LogP contribution in [0.3, 0.4) is 0 Å². The maximum atomic E-state index is 12.9. The first kappa shape index (κ1) is 17.5. The van der Waals surface area contributed by atoms with Crippen molar-refractivity contribution in [2.24, 2.45) is 7.05 Å². The minimum absolute atomic E-state index is 0.295. The fourth-order valence-electron chi connectivity index (χ4n) is 2.95. The van der Waals surface area contributed by atoms with E-state index in [4.69, 9.17) is 17.3 Å². The Hall–Kier alpha value is -2.91. The van der Waals surface area contributed by atoms with Crippen LogP contribution in [0.5, 0.6) is 0 Å². The largest absolute Gasteiger partial charge is 0.396 e. The number of nitrogen functional groups attached to an aromatic ring is 1. The van der Waals surface area contributed by atoms with E-state index in [1.807, 2.05) is 12.1 Å². The third kappa shape index (κ3) is 3.04. The van der Waals surface area contributed by atoms with Crippen LogP contribution in [0.25, 0.3) is 22.3 Å². The Morgan fingerprint density at radius 1 is 1.30 bits per heavy atom. The van der Waals surface area contributed by atoms with Gasteiger partial charge in [-0.3, -0.25) is 4.79 Å². The van der Waals surface area contributed by atoms with Crippen molar-refractivity contribution in [2.45, 2.75) is 0 Å². The van der Waals surface area contributed by atoms with Crippen molar-refractivity contribution in [3.8, 4) is 11.4 Å². The van der Waals surface area contributed by atoms with Crippen LogP contribution < -0.4 is 11.1 Å². The highest BCUT2D eigenvalue weighted by atomic mass is 79.9. The number of hydrogen-bond donors (Lipinski definition) is 3. The number of hydrogen-bond acceptors (Lipinski definition) is 5. The molecule has 0 saturated heterocycles. The number of aromatic amines is 1. The van der Waals surface area contributed by atoms with Gasteiger partial charge in [0.05, 0.1) is 16.9 Å². The molecule has 1 amide bonds. The number of aryl methyl sites for hydroxylation is 1.